The second kappa shape index (κ2) is 3.77. The second-order valence-corrected chi connectivity index (χ2v) is 3.19. The summed E-state index contributed by atoms with van der Waals surface area (Å²) >= 11 is 0. The summed E-state index contributed by atoms with van der Waals surface area (Å²) in [6, 6.07) is 7.23. The van der Waals surface area contributed by atoms with Gasteiger partial charge in [-0.1, -0.05) is 18.2 Å². The van der Waals surface area contributed by atoms with Gasteiger partial charge in [-0.05, 0) is 6.07 Å². The quantitative estimate of drug-likeness (QED) is 0.644. The first kappa shape index (κ1) is 9.18. The molecule has 1 aromatic rings. The van der Waals surface area contributed by atoms with Crippen LogP contribution in [0.3, 0.4) is 0 Å². The summed E-state index contributed by atoms with van der Waals surface area (Å²) in [5, 5.41) is 14.4. The third kappa shape index (κ3) is 1.49. The van der Waals surface area contributed by atoms with E-state index in [1.165, 1.54) is 0 Å². The highest BCUT2D eigenvalue weighted by Gasteiger charge is 2.28. The molecule has 0 bridgehead atoms. The SMILES string of the molecule is O=C1Nc2ccccc2C1NCCO. The zero-order valence-electron chi connectivity index (χ0n) is 7.66. The number of carbonyl (C=O) groups is 1. The summed E-state index contributed by atoms with van der Waals surface area (Å²) < 4.78 is 0. The molecule has 4 nitrogen and oxygen atoms in total. The number of hydrogen-bond donors (Lipinski definition) is 3. The number of rotatable bonds is 3. The predicted molar refractivity (Wildman–Crippen MR) is 52.9 cm³/mol. The van der Waals surface area contributed by atoms with Gasteiger partial charge in [-0.25, -0.2) is 0 Å². The molecule has 2 rings (SSSR count). The van der Waals surface area contributed by atoms with Crippen LogP contribution in [0.25, 0.3) is 0 Å². The number of hydrogen-bond acceptors (Lipinski definition) is 3. The van der Waals surface area contributed by atoms with E-state index in [-0.39, 0.29) is 18.6 Å². The first-order chi connectivity index (χ1) is 6.83. The maximum atomic E-state index is 11.5. The molecule has 74 valence electrons. The molecule has 0 spiro atoms. The Hall–Kier alpha value is -1.39. The Balaban J connectivity index is 2.21. The lowest BCUT2D eigenvalue weighted by atomic mass is 10.1. The number of amides is 1. The minimum Gasteiger partial charge on any atom is -0.395 e. The van der Waals surface area contributed by atoms with Crippen LogP contribution in [0.15, 0.2) is 24.3 Å². The standard InChI is InChI=1S/C10H12N2O2/c13-6-5-11-9-7-3-1-2-4-8(7)12-10(9)14/h1-4,9,11,13H,5-6H2,(H,12,14). The number of anilines is 1. The molecule has 3 N–H and O–H groups in total. The van der Waals surface area contributed by atoms with Gasteiger partial charge < -0.3 is 10.4 Å². The topological polar surface area (TPSA) is 61.4 Å². The molecular weight excluding hydrogens is 180 g/mol. The van der Waals surface area contributed by atoms with Crippen LogP contribution in [0.5, 0.6) is 0 Å². The Morgan fingerprint density at radius 2 is 2.21 bits per heavy atom. The largest absolute Gasteiger partial charge is 0.395 e. The summed E-state index contributed by atoms with van der Waals surface area (Å²) in [6.07, 6.45) is 0. The van der Waals surface area contributed by atoms with Crippen molar-refractivity contribution in [2.75, 3.05) is 18.5 Å². The number of aliphatic hydroxyl groups is 1. The van der Waals surface area contributed by atoms with Gasteiger partial charge in [0.15, 0.2) is 0 Å². The van der Waals surface area contributed by atoms with Crippen LogP contribution >= 0.6 is 0 Å². The second-order valence-electron chi connectivity index (χ2n) is 3.19. The Morgan fingerprint density at radius 3 is 3.00 bits per heavy atom. The minimum atomic E-state index is -0.321. The molecule has 0 fully saturated rings. The van der Waals surface area contributed by atoms with Crippen LogP contribution in [0.2, 0.25) is 0 Å². The fourth-order valence-electron chi connectivity index (χ4n) is 1.62. The maximum Gasteiger partial charge on any atom is 0.246 e. The summed E-state index contributed by atoms with van der Waals surface area (Å²) in [5.74, 6) is -0.0559. The van der Waals surface area contributed by atoms with Crippen LogP contribution in [0, 0.1) is 0 Å². The van der Waals surface area contributed by atoms with Crippen molar-refractivity contribution >= 4 is 11.6 Å². The lowest BCUT2D eigenvalue weighted by molar-refractivity contribution is -0.117. The maximum absolute atomic E-state index is 11.5. The third-order valence-electron chi connectivity index (χ3n) is 2.25. The van der Waals surface area contributed by atoms with Crippen molar-refractivity contribution in [1.82, 2.24) is 5.32 Å². The zero-order valence-corrected chi connectivity index (χ0v) is 7.66. The monoisotopic (exact) mass is 192 g/mol. The molecule has 1 amide bonds. The average Bonchev–Trinajstić information content (AvgIpc) is 2.51. The van der Waals surface area contributed by atoms with E-state index in [1.54, 1.807) is 0 Å². The van der Waals surface area contributed by atoms with Crippen molar-refractivity contribution in [2.24, 2.45) is 0 Å². The highest BCUT2D eigenvalue weighted by molar-refractivity contribution is 6.02. The van der Waals surface area contributed by atoms with Crippen LogP contribution < -0.4 is 10.6 Å². The Morgan fingerprint density at radius 1 is 1.43 bits per heavy atom. The molecule has 1 aliphatic rings. The van der Waals surface area contributed by atoms with Crippen molar-refractivity contribution in [2.45, 2.75) is 6.04 Å². The van der Waals surface area contributed by atoms with Gasteiger partial charge in [0.25, 0.3) is 0 Å². The van der Waals surface area contributed by atoms with Gasteiger partial charge >= 0.3 is 0 Å². The number of para-hydroxylation sites is 1. The Labute approximate surface area is 81.9 Å². The Kier molecular flexibility index (Phi) is 2.47. The molecule has 0 radical (unpaired) electrons. The third-order valence-corrected chi connectivity index (χ3v) is 2.25. The normalized spacial score (nSPS) is 19.2. The van der Waals surface area contributed by atoms with E-state index in [0.717, 1.165) is 11.3 Å². The molecule has 0 aromatic heterocycles. The molecule has 0 aliphatic carbocycles. The van der Waals surface area contributed by atoms with Crippen molar-refractivity contribution in [1.29, 1.82) is 0 Å². The van der Waals surface area contributed by atoms with Crippen molar-refractivity contribution in [3.8, 4) is 0 Å². The lowest BCUT2D eigenvalue weighted by Crippen LogP contribution is -2.29. The van der Waals surface area contributed by atoms with Crippen LogP contribution in [-0.4, -0.2) is 24.2 Å². The summed E-state index contributed by atoms with van der Waals surface area (Å²) in [5.41, 5.74) is 1.80. The summed E-state index contributed by atoms with van der Waals surface area (Å²) in [6.45, 7) is 0.457. The van der Waals surface area contributed by atoms with Gasteiger partial charge in [-0.2, -0.15) is 0 Å². The molecule has 0 saturated heterocycles. The van der Waals surface area contributed by atoms with Crippen LogP contribution in [0.1, 0.15) is 11.6 Å². The predicted octanol–water partition coefficient (Wildman–Crippen LogP) is 0.262. The molecule has 1 atom stereocenters. The molecule has 4 heteroatoms. The van der Waals surface area contributed by atoms with E-state index in [0.29, 0.717) is 6.54 Å². The molecule has 1 aromatic carbocycles. The molecule has 0 saturated carbocycles. The Bertz CT molecular complexity index is 352. The minimum absolute atomic E-state index is 0.0337. The van der Waals surface area contributed by atoms with E-state index in [1.807, 2.05) is 24.3 Å². The highest BCUT2D eigenvalue weighted by Crippen LogP contribution is 2.29. The number of carbonyl (C=O) groups excluding carboxylic acids is 1. The zero-order chi connectivity index (χ0) is 9.97. The van der Waals surface area contributed by atoms with E-state index < -0.39 is 0 Å². The van der Waals surface area contributed by atoms with Gasteiger partial charge in [0.05, 0.1) is 6.61 Å². The summed E-state index contributed by atoms with van der Waals surface area (Å²) in [4.78, 5) is 11.5. The lowest BCUT2D eigenvalue weighted by Gasteiger charge is -2.09. The van der Waals surface area contributed by atoms with Crippen molar-refractivity contribution in [3.05, 3.63) is 29.8 Å². The number of aliphatic hydroxyl groups excluding tert-OH is 1. The van der Waals surface area contributed by atoms with Gasteiger partial charge in [0.1, 0.15) is 6.04 Å². The first-order valence-electron chi connectivity index (χ1n) is 4.57. The van der Waals surface area contributed by atoms with Gasteiger partial charge in [-0.15, -0.1) is 0 Å². The average molecular weight is 192 g/mol. The fraction of sp³-hybridized carbons (Fsp3) is 0.300. The molecule has 14 heavy (non-hydrogen) atoms. The number of benzene rings is 1. The van der Waals surface area contributed by atoms with Crippen LogP contribution in [0.4, 0.5) is 5.69 Å². The molecule has 1 aliphatic heterocycles. The van der Waals surface area contributed by atoms with E-state index in [9.17, 15) is 4.79 Å². The van der Waals surface area contributed by atoms with E-state index in [2.05, 4.69) is 10.6 Å². The highest BCUT2D eigenvalue weighted by atomic mass is 16.3. The molecule has 1 heterocycles. The molecular formula is C10H12N2O2. The van der Waals surface area contributed by atoms with E-state index in [4.69, 9.17) is 5.11 Å². The van der Waals surface area contributed by atoms with Gasteiger partial charge in [0, 0.05) is 17.8 Å². The molecule has 1 unspecified atom stereocenters. The van der Waals surface area contributed by atoms with Gasteiger partial charge in [0.2, 0.25) is 5.91 Å². The number of fused-ring (bicyclic) bond motifs is 1. The van der Waals surface area contributed by atoms with Crippen LogP contribution in [-0.2, 0) is 4.79 Å². The van der Waals surface area contributed by atoms with Crippen molar-refractivity contribution < 1.29 is 9.90 Å². The first-order valence-corrected chi connectivity index (χ1v) is 4.57. The number of nitrogens with one attached hydrogen (secondary N) is 2. The van der Waals surface area contributed by atoms with Gasteiger partial charge in [-0.3, -0.25) is 10.1 Å². The van der Waals surface area contributed by atoms with E-state index >= 15 is 0 Å². The smallest absolute Gasteiger partial charge is 0.246 e. The van der Waals surface area contributed by atoms with Crippen molar-refractivity contribution in [3.63, 3.8) is 0 Å². The fourth-order valence-corrected chi connectivity index (χ4v) is 1.62. The summed E-state index contributed by atoms with van der Waals surface area (Å²) in [7, 11) is 0.